The maximum Gasteiger partial charge on any atom is 0.421 e. The van der Waals surface area contributed by atoms with Crippen LogP contribution in [0.2, 0.25) is 0 Å². The Morgan fingerprint density at radius 2 is 2.15 bits per heavy atom. The molecule has 74 valence electrons. The van der Waals surface area contributed by atoms with Crippen molar-refractivity contribution in [3.8, 4) is 0 Å². The zero-order valence-electron chi connectivity index (χ0n) is 6.85. The second kappa shape index (κ2) is 3.35. The maximum atomic E-state index is 12.5. The van der Waals surface area contributed by atoms with Crippen molar-refractivity contribution in [2.45, 2.75) is 25.8 Å². The molecule has 2 nitrogen and oxygen atoms in total. The lowest BCUT2D eigenvalue weighted by molar-refractivity contribution is -0.183. The summed E-state index contributed by atoms with van der Waals surface area (Å²) in [7, 11) is 0. The van der Waals surface area contributed by atoms with Crippen molar-refractivity contribution in [3.63, 3.8) is 0 Å². The number of aromatic nitrogens is 2. The lowest BCUT2D eigenvalue weighted by Gasteiger charge is -2.13. The molecule has 0 aromatic carbocycles. The minimum Gasteiger partial charge on any atom is -0.332 e. The van der Waals surface area contributed by atoms with Gasteiger partial charge in [0.2, 0.25) is 6.17 Å². The van der Waals surface area contributed by atoms with Crippen LogP contribution in [-0.4, -0.2) is 21.9 Å². The van der Waals surface area contributed by atoms with E-state index in [1.165, 1.54) is 19.3 Å². The molecule has 0 amide bonds. The summed E-state index contributed by atoms with van der Waals surface area (Å²) in [5, 5.41) is 0. The van der Waals surface area contributed by atoms with Crippen molar-refractivity contribution in [1.29, 1.82) is 0 Å². The molecular weight excluding hydrogens is 188 g/mol. The van der Waals surface area contributed by atoms with E-state index in [2.05, 4.69) is 4.98 Å². The highest BCUT2D eigenvalue weighted by molar-refractivity contribution is 4.89. The van der Waals surface area contributed by atoms with Crippen molar-refractivity contribution in [2.75, 3.05) is 0 Å². The SMILES string of the molecule is Cc1nccn1CC(F)C(F)(F)F. The van der Waals surface area contributed by atoms with E-state index in [4.69, 9.17) is 0 Å². The summed E-state index contributed by atoms with van der Waals surface area (Å²) in [6, 6.07) is 0. The molecule has 1 rings (SSSR count). The minimum absolute atomic E-state index is 0.368. The molecule has 0 N–H and O–H groups in total. The quantitative estimate of drug-likeness (QED) is 0.662. The normalized spacial score (nSPS) is 14.5. The number of nitrogens with zero attached hydrogens (tertiary/aromatic N) is 2. The van der Waals surface area contributed by atoms with Gasteiger partial charge in [-0.3, -0.25) is 0 Å². The molecule has 6 heteroatoms. The van der Waals surface area contributed by atoms with Crippen LogP contribution in [-0.2, 0) is 6.54 Å². The molecule has 1 unspecified atom stereocenters. The Morgan fingerprint density at radius 1 is 1.54 bits per heavy atom. The molecule has 0 saturated heterocycles. The van der Waals surface area contributed by atoms with Gasteiger partial charge in [0.05, 0.1) is 6.54 Å². The Labute approximate surface area is 72.2 Å². The summed E-state index contributed by atoms with van der Waals surface area (Å²) in [4.78, 5) is 3.68. The van der Waals surface area contributed by atoms with Crippen molar-refractivity contribution >= 4 is 0 Å². The third-order valence-electron chi connectivity index (χ3n) is 1.64. The van der Waals surface area contributed by atoms with E-state index in [9.17, 15) is 17.6 Å². The highest BCUT2D eigenvalue weighted by Gasteiger charge is 2.40. The van der Waals surface area contributed by atoms with Crippen molar-refractivity contribution in [2.24, 2.45) is 0 Å². The first-order valence-corrected chi connectivity index (χ1v) is 3.60. The van der Waals surface area contributed by atoms with Crippen LogP contribution in [0.5, 0.6) is 0 Å². The summed E-state index contributed by atoms with van der Waals surface area (Å²) >= 11 is 0. The van der Waals surface area contributed by atoms with Crippen LogP contribution in [0.3, 0.4) is 0 Å². The smallest absolute Gasteiger partial charge is 0.332 e. The molecule has 0 radical (unpaired) electrons. The lowest BCUT2D eigenvalue weighted by atomic mass is 10.3. The number of hydrogen-bond donors (Lipinski definition) is 0. The first-order chi connectivity index (χ1) is 5.91. The van der Waals surface area contributed by atoms with Gasteiger partial charge in [-0.2, -0.15) is 13.2 Å². The standard InChI is InChI=1S/C7H8F4N2/c1-5-12-2-3-13(5)4-6(8)7(9,10)11/h2-3,6H,4H2,1H3. The fourth-order valence-electron chi connectivity index (χ4n) is 0.873. The average molecular weight is 196 g/mol. The van der Waals surface area contributed by atoms with Gasteiger partial charge in [0, 0.05) is 12.4 Å². The second-order valence-electron chi connectivity index (χ2n) is 2.64. The van der Waals surface area contributed by atoms with Gasteiger partial charge in [-0.25, -0.2) is 9.37 Å². The van der Waals surface area contributed by atoms with Crippen LogP contribution in [0.15, 0.2) is 12.4 Å². The predicted molar refractivity (Wildman–Crippen MR) is 37.9 cm³/mol. The van der Waals surface area contributed by atoms with E-state index in [0.717, 1.165) is 4.57 Å². The van der Waals surface area contributed by atoms with E-state index in [1.54, 1.807) is 0 Å². The number of rotatable bonds is 2. The molecule has 1 aromatic heterocycles. The second-order valence-corrected chi connectivity index (χ2v) is 2.64. The monoisotopic (exact) mass is 196 g/mol. The number of aryl methyl sites for hydroxylation is 1. The van der Waals surface area contributed by atoms with Crippen LogP contribution in [0.25, 0.3) is 0 Å². The van der Waals surface area contributed by atoms with Gasteiger partial charge >= 0.3 is 6.18 Å². The first kappa shape index (κ1) is 10.0. The lowest BCUT2D eigenvalue weighted by Crippen LogP contribution is -2.29. The number of alkyl halides is 4. The van der Waals surface area contributed by atoms with Gasteiger partial charge < -0.3 is 4.57 Å². The zero-order chi connectivity index (χ0) is 10.1. The van der Waals surface area contributed by atoms with Gasteiger partial charge in [-0.05, 0) is 6.92 Å². The van der Waals surface area contributed by atoms with E-state index in [-0.39, 0.29) is 0 Å². The summed E-state index contributed by atoms with van der Waals surface area (Å²) in [6.07, 6.45) is -4.98. The van der Waals surface area contributed by atoms with E-state index < -0.39 is 18.9 Å². The van der Waals surface area contributed by atoms with Gasteiger partial charge in [0.15, 0.2) is 0 Å². The Balaban J connectivity index is 2.65. The molecule has 0 aliphatic rings. The topological polar surface area (TPSA) is 17.8 Å². The van der Waals surface area contributed by atoms with Crippen LogP contribution < -0.4 is 0 Å². The molecule has 0 bridgehead atoms. The molecule has 13 heavy (non-hydrogen) atoms. The fourth-order valence-corrected chi connectivity index (χ4v) is 0.873. The van der Waals surface area contributed by atoms with Crippen molar-refractivity contribution in [1.82, 2.24) is 9.55 Å². The Hall–Kier alpha value is -1.07. The Bertz CT molecular complexity index is 278. The van der Waals surface area contributed by atoms with E-state index in [1.807, 2.05) is 0 Å². The molecule has 0 saturated carbocycles. The summed E-state index contributed by atoms with van der Waals surface area (Å²) in [5.74, 6) is 0.368. The van der Waals surface area contributed by atoms with Gasteiger partial charge in [0.1, 0.15) is 5.82 Å². The van der Waals surface area contributed by atoms with Gasteiger partial charge in [0.25, 0.3) is 0 Å². The molecule has 1 aromatic rings. The van der Waals surface area contributed by atoms with E-state index >= 15 is 0 Å². The Morgan fingerprint density at radius 3 is 2.54 bits per heavy atom. The highest BCUT2D eigenvalue weighted by atomic mass is 19.4. The predicted octanol–water partition coefficient (Wildman–Crippen LogP) is 2.09. The van der Waals surface area contributed by atoms with Crippen LogP contribution >= 0.6 is 0 Å². The number of halogens is 4. The zero-order valence-corrected chi connectivity index (χ0v) is 6.85. The molecular formula is C7H8F4N2. The van der Waals surface area contributed by atoms with Crippen LogP contribution in [0.1, 0.15) is 5.82 Å². The summed E-state index contributed by atoms with van der Waals surface area (Å²) < 4.78 is 48.9. The molecule has 0 spiro atoms. The third-order valence-corrected chi connectivity index (χ3v) is 1.64. The number of imidazole rings is 1. The largest absolute Gasteiger partial charge is 0.421 e. The van der Waals surface area contributed by atoms with E-state index in [0.29, 0.717) is 5.82 Å². The van der Waals surface area contributed by atoms with Gasteiger partial charge in [-0.1, -0.05) is 0 Å². The molecule has 0 aliphatic heterocycles. The Kier molecular flexibility index (Phi) is 2.58. The average Bonchev–Trinajstić information content (AvgIpc) is 2.34. The minimum atomic E-state index is -4.79. The molecule has 0 fully saturated rings. The molecule has 1 heterocycles. The first-order valence-electron chi connectivity index (χ1n) is 3.60. The van der Waals surface area contributed by atoms with Crippen LogP contribution in [0.4, 0.5) is 17.6 Å². The third kappa shape index (κ3) is 2.43. The fraction of sp³-hybridized carbons (Fsp3) is 0.571. The number of hydrogen-bond acceptors (Lipinski definition) is 1. The van der Waals surface area contributed by atoms with Crippen molar-refractivity contribution < 1.29 is 17.6 Å². The van der Waals surface area contributed by atoms with Gasteiger partial charge in [-0.15, -0.1) is 0 Å². The molecule has 1 atom stereocenters. The summed E-state index contributed by atoms with van der Waals surface area (Å²) in [6.45, 7) is 0.790. The maximum absolute atomic E-state index is 12.5. The summed E-state index contributed by atoms with van der Waals surface area (Å²) in [5.41, 5.74) is 0. The van der Waals surface area contributed by atoms with Crippen molar-refractivity contribution in [3.05, 3.63) is 18.2 Å². The van der Waals surface area contributed by atoms with Crippen LogP contribution in [0, 0.1) is 6.92 Å². The highest BCUT2D eigenvalue weighted by Crippen LogP contribution is 2.24. The molecule has 0 aliphatic carbocycles.